The first kappa shape index (κ1) is 22.8. The first-order valence-corrected chi connectivity index (χ1v) is 14.5. The van der Waals surface area contributed by atoms with E-state index >= 15 is 0 Å². The van der Waals surface area contributed by atoms with Gasteiger partial charge in [0.05, 0.1) is 11.6 Å². The van der Waals surface area contributed by atoms with E-state index in [0.29, 0.717) is 0 Å². The average Bonchev–Trinajstić information content (AvgIpc) is 3.78. The van der Waals surface area contributed by atoms with Crippen LogP contribution in [0.2, 0.25) is 0 Å². The molecular weight excluding hydrogens is 528 g/mol. The predicted octanol–water partition coefficient (Wildman–Crippen LogP) is 11.9. The first-order chi connectivity index (χ1) is 21.3. The highest BCUT2D eigenvalue weighted by molar-refractivity contribution is 6.27. The fourth-order valence-corrected chi connectivity index (χ4v) is 7.14. The van der Waals surface area contributed by atoms with Gasteiger partial charge in [0.25, 0.3) is 0 Å². The van der Waals surface area contributed by atoms with E-state index in [1.165, 1.54) is 32.7 Å². The smallest absolute Gasteiger partial charge is 0.146 e. The minimum atomic E-state index is 0.825. The highest BCUT2D eigenvalue weighted by Gasteiger charge is 2.22. The molecule has 10 rings (SSSR count). The van der Waals surface area contributed by atoms with Gasteiger partial charge < -0.3 is 13.3 Å². The highest BCUT2D eigenvalue weighted by Crippen LogP contribution is 2.48. The second kappa shape index (κ2) is 8.37. The largest absolute Gasteiger partial charge is 0.464 e. The summed E-state index contributed by atoms with van der Waals surface area (Å²) in [5.74, 6) is 0. The van der Waals surface area contributed by atoms with Gasteiger partial charge in [0, 0.05) is 21.5 Å². The SMILES string of the molecule is c1ccc2c(c1)oc1cc(-c3c4ccccc4c(-c4cc5oc6ccccc6c5c5occc45)c4ccccc34)ccc12. The van der Waals surface area contributed by atoms with E-state index in [4.69, 9.17) is 13.3 Å². The molecule has 0 N–H and O–H groups in total. The molecule has 0 bridgehead atoms. The summed E-state index contributed by atoms with van der Waals surface area (Å²) < 4.78 is 18.9. The lowest BCUT2D eigenvalue weighted by Gasteiger charge is -2.18. The zero-order valence-corrected chi connectivity index (χ0v) is 22.9. The maximum atomic E-state index is 6.40. The molecule has 43 heavy (non-hydrogen) atoms. The van der Waals surface area contributed by atoms with Crippen LogP contribution >= 0.6 is 0 Å². The number of fused-ring (bicyclic) bond motifs is 10. The van der Waals surface area contributed by atoms with Crippen LogP contribution in [0.5, 0.6) is 0 Å². The van der Waals surface area contributed by atoms with E-state index in [9.17, 15) is 0 Å². The first-order valence-electron chi connectivity index (χ1n) is 14.5. The summed E-state index contributed by atoms with van der Waals surface area (Å²) in [5, 5.41) is 10.2. The van der Waals surface area contributed by atoms with Crippen molar-refractivity contribution >= 4 is 76.4 Å². The fraction of sp³-hybridized carbons (Fsp3) is 0. The van der Waals surface area contributed by atoms with Gasteiger partial charge in [-0.15, -0.1) is 0 Å². The second-order valence-corrected chi connectivity index (χ2v) is 11.2. The molecule has 0 aliphatic carbocycles. The summed E-state index contributed by atoms with van der Waals surface area (Å²) in [6.45, 7) is 0. The van der Waals surface area contributed by atoms with Crippen LogP contribution in [-0.4, -0.2) is 0 Å². The van der Waals surface area contributed by atoms with Gasteiger partial charge in [0.2, 0.25) is 0 Å². The summed E-state index contributed by atoms with van der Waals surface area (Å²) in [6, 6.07) is 44.7. The second-order valence-electron chi connectivity index (χ2n) is 11.2. The molecule has 200 valence electrons. The van der Waals surface area contributed by atoms with Gasteiger partial charge in [0.15, 0.2) is 0 Å². The maximum absolute atomic E-state index is 6.40. The Kier molecular flexibility index (Phi) is 4.45. The van der Waals surface area contributed by atoms with Crippen molar-refractivity contribution in [2.24, 2.45) is 0 Å². The van der Waals surface area contributed by atoms with Crippen molar-refractivity contribution in [2.75, 3.05) is 0 Å². The summed E-state index contributed by atoms with van der Waals surface area (Å²) >= 11 is 0. The maximum Gasteiger partial charge on any atom is 0.146 e. The van der Waals surface area contributed by atoms with Gasteiger partial charge in [-0.1, -0.05) is 91.0 Å². The van der Waals surface area contributed by atoms with Crippen molar-refractivity contribution in [3.05, 3.63) is 134 Å². The Morgan fingerprint density at radius 3 is 1.65 bits per heavy atom. The minimum Gasteiger partial charge on any atom is -0.464 e. The van der Waals surface area contributed by atoms with Crippen molar-refractivity contribution in [1.29, 1.82) is 0 Å². The third-order valence-corrected chi connectivity index (χ3v) is 8.95. The normalized spacial score (nSPS) is 12.2. The topological polar surface area (TPSA) is 39.4 Å². The lowest BCUT2D eigenvalue weighted by Crippen LogP contribution is -1.91. The molecule has 3 heteroatoms. The van der Waals surface area contributed by atoms with Crippen LogP contribution in [-0.2, 0) is 0 Å². The van der Waals surface area contributed by atoms with Crippen LogP contribution in [0.1, 0.15) is 0 Å². The number of rotatable bonds is 2. The van der Waals surface area contributed by atoms with Gasteiger partial charge >= 0.3 is 0 Å². The Morgan fingerprint density at radius 1 is 0.372 bits per heavy atom. The molecule has 0 atom stereocenters. The van der Waals surface area contributed by atoms with Crippen molar-refractivity contribution in [3.8, 4) is 22.3 Å². The van der Waals surface area contributed by atoms with Crippen molar-refractivity contribution in [2.45, 2.75) is 0 Å². The Labute approximate surface area is 245 Å². The average molecular weight is 551 g/mol. The van der Waals surface area contributed by atoms with E-state index in [1.807, 2.05) is 30.3 Å². The van der Waals surface area contributed by atoms with Crippen LogP contribution in [0.15, 0.2) is 147 Å². The molecule has 3 aromatic heterocycles. The highest BCUT2D eigenvalue weighted by atomic mass is 16.3. The summed E-state index contributed by atoms with van der Waals surface area (Å²) in [5.41, 5.74) is 8.94. The van der Waals surface area contributed by atoms with Gasteiger partial charge in [0.1, 0.15) is 27.9 Å². The Balaban J connectivity index is 1.33. The van der Waals surface area contributed by atoms with Crippen LogP contribution in [0.4, 0.5) is 0 Å². The van der Waals surface area contributed by atoms with Crippen molar-refractivity contribution < 1.29 is 13.3 Å². The molecule has 0 radical (unpaired) electrons. The van der Waals surface area contributed by atoms with Gasteiger partial charge in [-0.25, -0.2) is 0 Å². The summed E-state index contributed by atoms with van der Waals surface area (Å²) in [6.07, 6.45) is 1.79. The third-order valence-electron chi connectivity index (χ3n) is 8.95. The van der Waals surface area contributed by atoms with Crippen LogP contribution in [0.25, 0.3) is 98.6 Å². The standard InChI is InChI=1S/C40H22O3/c1-3-12-28-26(10-1)37(23-17-18-25-24-9-5-7-15-33(24)42-35(25)21-23)27-11-2-4-13-29(27)38(28)32-22-36-39(40-30(32)19-20-41-40)31-14-6-8-16-34(31)43-36/h1-22H. The van der Waals surface area contributed by atoms with E-state index in [1.54, 1.807) is 6.26 Å². The Morgan fingerprint density at radius 2 is 0.930 bits per heavy atom. The lowest BCUT2D eigenvalue weighted by atomic mass is 9.85. The van der Waals surface area contributed by atoms with E-state index < -0.39 is 0 Å². The molecule has 0 aliphatic heterocycles. The zero-order valence-electron chi connectivity index (χ0n) is 22.9. The number of hydrogen-bond acceptors (Lipinski definition) is 3. The molecule has 0 amide bonds. The molecule has 0 unspecified atom stereocenters. The molecule has 0 saturated carbocycles. The van der Waals surface area contributed by atoms with Crippen LogP contribution in [0.3, 0.4) is 0 Å². The van der Waals surface area contributed by atoms with E-state index in [2.05, 4.69) is 97.1 Å². The van der Waals surface area contributed by atoms with Gasteiger partial charge in [-0.2, -0.15) is 0 Å². The fourth-order valence-electron chi connectivity index (χ4n) is 7.14. The lowest BCUT2D eigenvalue weighted by molar-refractivity contribution is 0.618. The monoisotopic (exact) mass is 550 g/mol. The van der Waals surface area contributed by atoms with Gasteiger partial charge in [-0.05, 0) is 80.2 Å². The molecule has 0 saturated heterocycles. The van der Waals surface area contributed by atoms with Crippen LogP contribution < -0.4 is 0 Å². The minimum absolute atomic E-state index is 0.825. The molecule has 3 heterocycles. The summed E-state index contributed by atoms with van der Waals surface area (Å²) in [4.78, 5) is 0. The quantitative estimate of drug-likeness (QED) is 0.201. The molecule has 10 aromatic rings. The molecule has 0 fully saturated rings. The van der Waals surface area contributed by atoms with E-state index in [0.717, 1.165) is 66.0 Å². The summed E-state index contributed by atoms with van der Waals surface area (Å²) in [7, 11) is 0. The Bertz CT molecular complexity index is 2680. The van der Waals surface area contributed by atoms with Gasteiger partial charge in [-0.3, -0.25) is 0 Å². The molecule has 3 nitrogen and oxygen atoms in total. The zero-order chi connectivity index (χ0) is 28.1. The number of furan rings is 3. The van der Waals surface area contributed by atoms with Crippen molar-refractivity contribution in [1.82, 2.24) is 0 Å². The molecular formula is C40H22O3. The van der Waals surface area contributed by atoms with Crippen molar-refractivity contribution in [3.63, 3.8) is 0 Å². The predicted molar refractivity (Wildman–Crippen MR) is 177 cm³/mol. The number of hydrogen-bond donors (Lipinski definition) is 0. The van der Waals surface area contributed by atoms with Crippen LogP contribution in [0, 0.1) is 0 Å². The van der Waals surface area contributed by atoms with E-state index in [-0.39, 0.29) is 0 Å². The third kappa shape index (κ3) is 3.08. The number of benzene rings is 7. The molecule has 7 aromatic carbocycles. The molecule has 0 spiro atoms. The number of para-hydroxylation sites is 2. The molecule has 0 aliphatic rings. The Hall–Kier alpha value is -5.80.